The molecule has 3 nitrogen and oxygen atoms in total. The summed E-state index contributed by atoms with van der Waals surface area (Å²) in [7, 11) is 3.27. The molecular weight excluding hydrogens is 209 g/mol. The van der Waals surface area contributed by atoms with E-state index in [1.807, 2.05) is 0 Å². The number of aliphatic hydroxyl groups is 1. The predicted molar refractivity (Wildman–Crippen MR) is 61.1 cm³/mol. The number of halogens is 1. The molecule has 0 radical (unpaired) electrons. The summed E-state index contributed by atoms with van der Waals surface area (Å²) in [6.07, 6.45) is 0.451. The molecule has 0 saturated carbocycles. The molecule has 0 aliphatic carbocycles. The third-order valence-electron chi connectivity index (χ3n) is 2.62. The molecule has 0 saturated heterocycles. The van der Waals surface area contributed by atoms with E-state index in [-0.39, 0.29) is 0 Å². The molecule has 0 amide bonds. The normalized spacial score (nSPS) is 14.6. The molecule has 2 N–H and O–H groups in total. The van der Waals surface area contributed by atoms with Crippen LogP contribution in [0.2, 0.25) is 0 Å². The van der Waals surface area contributed by atoms with Gasteiger partial charge in [0.2, 0.25) is 0 Å². The fourth-order valence-corrected chi connectivity index (χ4v) is 1.56. The Labute approximate surface area is 95.2 Å². The lowest BCUT2D eigenvalue weighted by Crippen LogP contribution is -2.27. The molecule has 1 atom stereocenters. The van der Waals surface area contributed by atoms with Gasteiger partial charge in [-0.05, 0) is 39.1 Å². The Balaban J connectivity index is 2.94. The zero-order valence-corrected chi connectivity index (χ0v) is 9.88. The number of hydrogen-bond donors (Lipinski definition) is 2. The smallest absolute Gasteiger partial charge is 0.132 e. The molecule has 16 heavy (non-hydrogen) atoms. The first kappa shape index (κ1) is 12.9. The highest BCUT2D eigenvalue weighted by atomic mass is 19.1. The van der Waals surface area contributed by atoms with E-state index in [9.17, 15) is 9.50 Å². The maximum absolute atomic E-state index is 13.7. The van der Waals surface area contributed by atoms with Crippen molar-refractivity contribution >= 4 is 0 Å². The first-order chi connectivity index (χ1) is 7.51. The van der Waals surface area contributed by atoms with Gasteiger partial charge < -0.3 is 15.2 Å². The van der Waals surface area contributed by atoms with Crippen molar-refractivity contribution in [1.82, 2.24) is 5.32 Å². The van der Waals surface area contributed by atoms with Crippen LogP contribution in [-0.2, 0) is 5.60 Å². The van der Waals surface area contributed by atoms with Gasteiger partial charge in [0.05, 0.1) is 12.7 Å². The van der Waals surface area contributed by atoms with Crippen LogP contribution in [0.4, 0.5) is 4.39 Å². The quantitative estimate of drug-likeness (QED) is 0.803. The molecule has 0 aliphatic rings. The van der Waals surface area contributed by atoms with E-state index in [1.54, 1.807) is 26.1 Å². The minimum atomic E-state index is -1.17. The van der Waals surface area contributed by atoms with Crippen molar-refractivity contribution in [1.29, 1.82) is 0 Å². The number of rotatable bonds is 5. The Kier molecular flexibility index (Phi) is 4.26. The number of ether oxygens (including phenoxy) is 1. The second kappa shape index (κ2) is 5.27. The summed E-state index contributed by atoms with van der Waals surface area (Å²) >= 11 is 0. The Morgan fingerprint density at radius 3 is 2.69 bits per heavy atom. The van der Waals surface area contributed by atoms with E-state index in [0.29, 0.717) is 24.3 Å². The van der Waals surface area contributed by atoms with Gasteiger partial charge in [-0.3, -0.25) is 0 Å². The molecule has 0 bridgehead atoms. The molecule has 0 fully saturated rings. The summed E-state index contributed by atoms with van der Waals surface area (Å²) in [6.45, 7) is 2.23. The van der Waals surface area contributed by atoms with Crippen LogP contribution >= 0.6 is 0 Å². The van der Waals surface area contributed by atoms with Crippen LogP contribution in [0.25, 0.3) is 0 Å². The first-order valence-corrected chi connectivity index (χ1v) is 5.22. The van der Waals surface area contributed by atoms with E-state index < -0.39 is 11.4 Å². The van der Waals surface area contributed by atoms with Gasteiger partial charge in [0.25, 0.3) is 0 Å². The molecule has 0 aliphatic heterocycles. The zero-order chi connectivity index (χ0) is 12.2. The van der Waals surface area contributed by atoms with Crippen molar-refractivity contribution < 1.29 is 14.2 Å². The number of benzene rings is 1. The van der Waals surface area contributed by atoms with E-state index in [4.69, 9.17) is 4.74 Å². The van der Waals surface area contributed by atoms with Gasteiger partial charge in [-0.1, -0.05) is 0 Å². The van der Waals surface area contributed by atoms with Crippen LogP contribution < -0.4 is 10.1 Å². The average Bonchev–Trinajstić information content (AvgIpc) is 2.25. The van der Waals surface area contributed by atoms with Crippen LogP contribution in [0.3, 0.4) is 0 Å². The third kappa shape index (κ3) is 2.93. The minimum absolute atomic E-state index is 0.295. The topological polar surface area (TPSA) is 41.5 Å². The highest BCUT2D eigenvalue weighted by Crippen LogP contribution is 2.28. The lowest BCUT2D eigenvalue weighted by atomic mass is 9.92. The van der Waals surface area contributed by atoms with Gasteiger partial charge in [0, 0.05) is 11.6 Å². The highest BCUT2D eigenvalue weighted by molar-refractivity contribution is 5.32. The average molecular weight is 227 g/mol. The van der Waals surface area contributed by atoms with Crippen LogP contribution in [-0.4, -0.2) is 25.8 Å². The summed E-state index contributed by atoms with van der Waals surface area (Å²) in [4.78, 5) is 0. The van der Waals surface area contributed by atoms with Crippen LogP contribution in [0.5, 0.6) is 5.75 Å². The predicted octanol–water partition coefficient (Wildman–Crippen LogP) is 1.65. The molecule has 90 valence electrons. The van der Waals surface area contributed by atoms with E-state index in [2.05, 4.69) is 5.32 Å². The summed E-state index contributed by atoms with van der Waals surface area (Å²) in [5.41, 5.74) is -0.872. The van der Waals surface area contributed by atoms with Gasteiger partial charge in [-0.2, -0.15) is 0 Å². The lowest BCUT2D eigenvalue weighted by molar-refractivity contribution is 0.0448. The molecule has 0 spiro atoms. The van der Waals surface area contributed by atoms with Gasteiger partial charge in [0.15, 0.2) is 0 Å². The second-order valence-electron chi connectivity index (χ2n) is 3.97. The van der Waals surface area contributed by atoms with Crippen LogP contribution in [0.1, 0.15) is 18.9 Å². The summed E-state index contributed by atoms with van der Waals surface area (Å²) in [6, 6.07) is 4.49. The Bertz CT molecular complexity index is 353. The first-order valence-electron chi connectivity index (χ1n) is 5.22. The molecule has 1 unspecified atom stereocenters. The molecule has 0 aromatic heterocycles. The van der Waals surface area contributed by atoms with Gasteiger partial charge in [-0.25, -0.2) is 4.39 Å². The number of methoxy groups -OCH3 is 1. The maximum atomic E-state index is 13.7. The van der Waals surface area contributed by atoms with Gasteiger partial charge in [-0.15, -0.1) is 0 Å². The maximum Gasteiger partial charge on any atom is 0.132 e. The minimum Gasteiger partial charge on any atom is -0.497 e. The summed E-state index contributed by atoms with van der Waals surface area (Å²) < 4.78 is 18.6. The zero-order valence-electron chi connectivity index (χ0n) is 9.88. The van der Waals surface area contributed by atoms with Crippen molar-refractivity contribution in [3.63, 3.8) is 0 Å². The van der Waals surface area contributed by atoms with Crippen molar-refractivity contribution in [2.75, 3.05) is 20.7 Å². The summed E-state index contributed by atoms with van der Waals surface area (Å²) in [5, 5.41) is 13.1. The fraction of sp³-hybridized carbons (Fsp3) is 0.500. The van der Waals surface area contributed by atoms with Crippen LogP contribution in [0, 0.1) is 5.82 Å². The van der Waals surface area contributed by atoms with Crippen molar-refractivity contribution in [3.8, 4) is 5.75 Å². The number of hydrogen-bond acceptors (Lipinski definition) is 3. The van der Waals surface area contributed by atoms with Gasteiger partial charge in [0.1, 0.15) is 11.6 Å². The SMILES string of the molecule is CNCCC(C)(O)c1ccc(OC)cc1F. The van der Waals surface area contributed by atoms with Crippen LogP contribution in [0.15, 0.2) is 18.2 Å². The van der Waals surface area contributed by atoms with E-state index >= 15 is 0 Å². The van der Waals surface area contributed by atoms with E-state index in [0.717, 1.165) is 0 Å². The van der Waals surface area contributed by atoms with Crippen molar-refractivity contribution in [2.24, 2.45) is 0 Å². The Morgan fingerprint density at radius 1 is 1.50 bits per heavy atom. The number of nitrogens with one attached hydrogen (secondary N) is 1. The molecule has 1 rings (SSSR count). The van der Waals surface area contributed by atoms with Crippen molar-refractivity contribution in [3.05, 3.63) is 29.6 Å². The molecule has 1 aromatic carbocycles. The molecule has 4 heteroatoms. The summed E-state index contributed by atoms with van der Waals surface area (Å²) in [5.74, 6) is 0.00567. The fourth-order valence-electron chi connectivity index (χ4n) is 1.56. The highest BCUT2D eigenvalue weighted by Gasteiger charge is 2.26. The Morgan fingerprint density at radius 2 is 2.19 bits per heavy atom. The molecule has 1 aromatic rings. The second-order valence-corrected chi connectivity index (χ2v) is 3.97. The van der Waals surface area contributed by atoms with Crippen molar-refractivity contribution in [2.45, 2.75) is 18.9 Å². The van der Waals surface area contributed by atoms with E-state index in [1.165, 1.54) is 13.2 Å². The largest absolute Gasteiger partial charge is 0.497 e. The molecule has 0 heterocycles. The third-order valence-corrected chi connectivity index (χ3v) is 2.62. The monoisotopic (exact) mass is 227 g/mol. The molecular formula is C12H18FNO2. The van der Waals surface area contributed by atoms with Gasteiger partial charge >= 0.3 is 0 Å². The standard InChI is InChI=1S/C12H18FNO2/c1-12(15,6-7-14-2)10-5-4-9(16-3)8-11(10)13/h4-5,8,14-15H,6-7H2,1-3H3. The Hall–Kier alpha value is -1.13. The lowest BCUT2D eigenvalue weighted by Gasteiger charge is -2.24.